The van der Waals surface area contributed by atoms with Gasteiger partial charge in [-0.3, -0.25) is 0 Å². The van der Waals surface area contributed by atoms with Crippen LogP contribution < -0.4 is 0 Å². The molecule has 2 N–H and O–H groups in total. The molecule has 1 aromatic heterocycles. The largest absolute Gasteiger partial charge is 0.390 e. The maximum Gasteiger partial charge on any atom is 0.110 e. The Hall–Kier alpha value is -1.58. The summed E-state index contributed by atoms with van der Waals surface area (Å²) in [4.78, 5) is 2.94. The summed E-state index contributed by atoms with van der Waals surface area (Å²) in [5, 5.41) is 32.3. The van der Waals surface area contributed by atoms with Gasteiger partial charge in [-0.15, -0.1) is 11.3 Å². The third-order valence-corrected chi connectivity index (χ3v) is 2.62. The molecule has 0 saturated heterocycles. The van der Waals surface area contributed by atoms with Crippen LogP contribution in [0.25, 0.3) is 10.4 Å². The van der Waals surface area contributed by atoms with Crippen LogP contribution >= 0.6 is 11.3 Å². The van der Waals surface area contributed by atoms with Gasteiger partial charge in [0.05, 0.1) is 12.6 Å². The second kappa shape index (κ2) is 5.34. The molecule has 0 aliphatic rings. The maximum absolute atomic E-state index is 9.59. The number of thiophene rings is 1. The molecule has 2 unspecified atom stereocenters. The average Bonchev–Trinajstić information content (AvgIpc) is 2.73. The highest BCUT2D eigenvalue weighted by molar-refractivity contribution is 7.10. The molecule has 78 valence electrons. The predicted molar refractivity (Wildman–Crippen MR) is 54.0 cm³/mol. The number of aliphatic hydroxyl groups is 2. The lowest BCUT2D eigenvalue weighted by molar-refractivity contribution is 0.0246. The van der Waals surface area contributed by atoms with E-state index in [0.717, 1.165) is 0 Å². The molecule has 15 heavy (non-hydrogen) atoms. The first-order chi connectivity index (χ1) is 7.19. The Labute approximate surface area is 89.6 Å². The number of nitrogens with zero attached hydrogens (tertiary/aromatic N) is 4. The molecule has 6 nitrogen and oxygen atoms in total. The van der Waals surface area contributed by atoms with Gasteiger partial charge in [0.15, 0.2) is 0 Å². The highest BCUT2D eigenvalue weighted by Crippen LogP contribution is 2.23. The van der Waals surface area contributed by atoms with Crippen molar-refractivity contribution in [3.8, 4) is 6.07 Å². The number of hydrogen-bond donors (Lipinski definition) is 2. The van der Waals surface area contributed by atoms with Crippen molar-refractivity contribution in [3.63, 3.8) is 0 Å². The van der Waals surface area contributed by atoms with E-state index in [0.29, 0.717) is 10.4 Å². The zero-order valence-corrected chi connectivity index (χ0v) is 8.42. The standard InChI is InChI=1S/C8H8N4O2S/c9-2-6-1-5(4-15-6)8(14)7(13)3-11-12-10/h1,4,7-8,13-14H,3H2. The molecule has 2 atom stereocenters. The molecule has 0 aromatic carbocycles. The maximum atomic E-state index is 9.59. The van der Waals surface area contributed by atoms with Crippen LogP contribution in [0, 0.1) is 11.3 Å². The van der Waals surface area contributed by atoms with Gasteiger partial charge in [-0.05, 0) is 22.5 Å². The molecule has 0 aliphatic carbocycles. The van der Waals surface area contributed by atoms with Crippen LogP contribution in [0.2, 0.25) is 0 Å². The van der Waals surface area contributed by atoms with Gasteiger partial charge >= 0.3 is 0 Å². The van der Waals surface area contributed by atoms with Crippen molar-refractivity contribution in [3.05, 3.63) is 32.3 Å². The molecule has 0 aliphatic heterocycles. The number of aliphatic hydroxyl groups excluding tert-OH is 2. The fraction of sp³-hybridized carbons (Fsp3) is 0.375. The van der Waals surface area contributed by atoms with Gasteiger partial charge in [-0.25, -0.2) is 0 Å². The first kappa shape index (κ1) is 11.5. The summed E-state index contributed by atoms with van der Waals surface area (Å²) < 4.78 is 0. The second-order valence-corrected chi connectivity index (χ2v) is 3.69. The molecule has 0 fully saturated rings. The Morgan fingerprint density at radius 3 is 2.93 bits per heavy atom. The van der Waals surface area contributed by atoms with E-state index in [9.17, 15) is 10.2 Å². The van der Waals surface area contributed by atoms with Gasteiger partial charge < -0.3 is 10.2 Å². The van der Waals surface area contributed by atoms with Crippen LogP contribution in [-0.2, 0) is 0 Å². The summed E-state index contributed by atoms with van der Waals surface area (Å²) in [5.41, 5.74) is 8.49. The number of rotatable bonds is 4. The van der Waals surface area contributed by atoms with Gasteiger partial charge in [-0.1, -0.05) is 5.11 Å². The highest BCUT2D eigenvalue weighted by Gasteiger charge is 2.18. The first-order valence-corrected chi connectivity index (χ1v) is 4.92. The topological polar surface area (TPSA) is 113 Å². The van der Waals surface area contributed by atoms with Crippen molar-refractivity contribution in [2.24, 2.45) is 5.11 Å². The zero-order chi connectivity index (χ0) is 11.3. The molecule has 0 amide bonds. The van der Waals surface area contributed by atoms with Gasteiger partial charge in [-0.2, -0.15) is 5.26 Å². The van der Waals surface area contributed by atoms with Crippen molar-refractivity contribution in [2.45, 2.75) is 12.2 Å². The fourth-order valence-electron chi connectivity index (χ4n) is 1.01. The predicted octanol–water partition coefficient (Wildman–Crippen LogP) is 1.32. The monoisotopic (exact) mass is 224 g/mol. The molecule has 1 heterocycles. The van der Waals surface area contributed by atoms with Crippen molar-refractivity contribution < 1.29 is 10.2 Å². The SMILES string of the molecule is N#Cc1cc(C(O)C(O)CN=[N+]=[N-])cs1. The molecule has 1 rings (SSSR count). The summed E-state index contributed by atoms with van der Waals surface area (Å²) in [6.45, 7) is -0.199. The molecular formula is C8H8N4O2S. The third kappa shape index (κ3) is 2.94. The molecule has 0 spiro atoms. The summed E-state index contributed by atoms with van der Waals surface area (Å²) in [6, 6.07) is 3.42. The van der Waals surface area contributed by atoms with Crippen LogP contribution in [-0.4, -0.2) is 22.9 Å². The molecule has 0 radical (unpaired) electrons. The molecule has 0 bridgehead atoms. The highest BCUT2D eigenvalue weighted by atomic mass is 32.1. The van der Waals surface area contributed by atoms with E-state index in [1.165, 1.54) is 17.4 Å². The van der Waals surface area contributed by atoms with Crippen molar-refractivity contribution in [2.75, 3.05) is 6.54 Å². The lowest BCUT2D eigenvalue weighted by Gasteiger charge is -2.13. The normalized spacial score (nSPS) is 13.7. The van der Waals surface area contributed by atoms with Crippen LogP contribution in [0.15, 0.2) is 16.6 Å². The van der Waals surface area contributed by atoms with E-state index in [2.05, 4.69) is 10.0 Å². The number of nitriles is 1. The first-order valence-electron chi connectivity index (χ1n) is 4.04. The Morgan fingerprint density at radius 2 is 2.40 bits per heavy atom. The van der Waals surface area contributed by atoms with E-state index < -0.39 is 12.2 Å². The van der Waals surface area contributed by atoms with Crippen LogP contribution in [0.3, 0.4) is 0 Å². The lowest BCUT2D eigenvalue weighted by atomic mass is 10.1. The van der Waals surface area contributed by atoms with E-state index in [-0.39, 0.29) is 6.54 Å². The lowest BCUT2D eigenvalue weighted by Crippen LogP contribution is -2.20. The number of azide groups is 1. The molecule has 1 aromatic rings. The van der Waals surface area contributed by atoms with Crippen molar-refractivity contribution in [1.82, 2.24) is 0 Å². The van der Waals surface area contributed by atoms with E-state index >= 15 is 0 Å². The molecule has 0 saturated carbocycles. The second-order valence-electron chi connectivity index (χ2n) is 2.78. The van der Waals surface area contributed by atoms with Crippen molar-refractivity contribution in [1.29, 1.82) is 5.26 Å². The minimum absolute atomic E-state index is 0.199. The van der Waals surface area contributed by atoms with Gasteiger partial charge in [0.2, 0.25) is 0 Å². The zero-order valence-electron chi connectivity index (χ0n) is 7.61. The molecular weight excluding hydrogens is 216 g/mol. The van der Waals surface area contributed by atoms with Crippen LogP contribution in [0.5, 0.6) is 0 Å². The minimum Gasteiger partial charge on any atom is -0.390 e. The number of hydrogen-bond acceptors (Lipinski definition) is 5. The quantitative estimate of drug-likeness (QED) is 0.456. The van der Waals surface area contributed by atoms with Crippen LogP contribution in [0.1, 0.15) is 16.5 Å². The van der Waals surface area contributed by atoms with Crippen molar-refractivity contribution >= 4 is 11.3 Å². The Balaban J connectivity index is 2.71. The van der Waals surface area contributed by atoms with Gasteiger partial charge in [0, 0.05) is 4.91 Å². The smallest absolute Gasteiger partial charge is 0.110 e. The third-order valence-electron chi connectivity index (χ3n) is 1.77. The Morgan fingerprint density at radius 1 is 1.67 bits per heavy atom. The van der Waals surface area contributed by atoms with E-state index in [4.69, 9.17) is 10.8 Å². The van der Waals surface area contributed by atoms with E-state index in [1.807, 2.05) is 6.07 Å². The Kier molecular flexibility index (Phi) is 4.09. The van der Waals surface area contributed by atoms with Crippen LogP contribution in [0.4, 0.5) is 0 Å². The summed E-state index contributed by atoms with van der Waals surface area (Å²) >= 11 is 1.18. The minimum atomic E-state index is -1.15. The average molecular weight is 224 g/mol. The molecule has 7 heteroatoms. The van der Waals surface area contributed by atoms with E-state index in [1.54, 1.807) is 5.38 Å². The van der Waals surface area contributed by atoms with Gasteiger partial charge in [0.1, 0.15) is 17.1 Å². The fourth-order valence-corrected chi connectivity index (χ4v) is 1.73. The Bertz CT molecular complexity index is 419. The summed E-state index contributed by atoms with van der Waals surface area (Å²) in [6.07, 6.45) is -2.28. The van der Waals surface area contributed by atoms with Gasteiger partial charge in [0.25, 0.3) is 0 Å². The summed E-state index contributed by atoms with van der Waals surface area (Å²) in [5.74, 6) is 0. The summed E-state index contributed by atoms with van der Waals surface area (Å²) in [7, 11) is 0.